The van der Waals surface area contributed by atoms with Crippen LogP contribution in [0.5, 0.6) is 0 Å². The van der Waals surface area contributed by atoms with Crippen LogP contribution >= 0.6 is 0 Å². The molecule has 3 aliphatic heterocycles. The Hall–Kier alpha value is -1.71. The zero-order valence-electron chi connectivity index (χ0n) is 35.2. The summed E-state index contributed by atoms with van der Waals surface area (Å²) >= 11 is 0. The summed E-state index contributed by atoms with van der Waals surface area (Å²) in [4.78, 5) is 36.7. The summed E-state index contributed by atoms with van der Waals surface area (Å²) in [5.41, 5.74) is -0.382. The van der Waals surface area contributed by atoms with Gasteiger partial charge in [-0.3, -0.25) is 14.4 Å². The topological polar surface area (TPSA) is 115 Å². The molecule has 0 aromatic rings. The SMILES string of the molecule is C.CC1(C)CC(OC(=O)CC(=O)OC2CC(C)(C)NC(C)(C)C2)CC(C)(C)N1.CCCCCCCCCCCC(=O)OC1CC(C)(C)NC(C)(C)C1. The van der Waals surface area contributed by atoms with Crippen molar-refractivity contribution in [2.75, 3.05) is 0 Å². The number of hydrogen-bond acceptors (Lipinski definition) is 9. The summed E-state index contributed by atoms with van der Waals surface area (Å²) in [6, 6.07) is 0. The normalized spacial score (nSPS) is 23.2. The maximum Gasteiger partial charge on any atom is 0.317 e. The van der Waals surface area contributed by atoms with Gasteiger partial charge in [0.1, 0.15) is 24.7 Å². The highest BCUT2D eigenvalue weighted by molar-refractivity contribution is 5.91. The summed E-state index contributed by atoms with van der Waals surface area (Å²) in [6.45, 7) is 27.8. The lowest BCUT2D eigenvalue weighted by atomic mass is 9.81. The molecule has 0 bridgehead atoms. The molecule has 0 aliphatic carbocycles. The largest absolute Gasteiger partial charge is 0.462 e. The van der Waals surface area contributed by atoms with Gasteiger partial charge in [-0.25, -0.2) is 0 Å². The van der Waals surface area contributed by atoms with Gasteiger partial charge in [-0.05, 0) is 89.5 Å². The first-order valence-corrected chi connectivity index (χ1v) is 20.3. The van der Waals surface area contributed by atoms with Crippen LogP contribution in [-0.2, 0) is 28.6 Å². The van der Waals surface area contributed by atoms with Gasteiger partial charge in [-0.1, -0.05) is 65.7 Å². The lowest BCUT2D eigenvalue weighted by Gasteiger charge is -2.46. The third-order valence-electron chi connectivity index (χ3n) is 10.1. The number of unbranched alkanes of at least 4 members (excludes halogenated alkanes) is 8. The minimum atomic E-state index is -0.494. The second-order valence-electron chi connectivity index (χ2n) is 20.0. The fourth-order valence-electron chi connectivity index (χ4n) is 9.33. The van der Waals surface area contributed by atoms with Crippen LogP contribution in [0.2, 0.25) is 0 Å². The highest BCUT2D eigenvalue weighted by atomic mass is 16.6. The predicted octanol–water partition coefficient (Wildman–Crippen LogP) is 9.48. The van der Waals surface area contributed by atoms with E-state index in [4.69, 9.17) is 14.2 Å². The number of ether oxygens (including phenoxy) is 3. The Morgan fingerprint density at radius 3 is 0.981 bits per heavy atom. The molecule has 9 nitrogen and oxygen atoms in total. The average molecular weight is 738 g/mol. The highest BCUT2D eigenvalue weighted by Crippen LogP contribution is 2.33. The Bertz CT molecular complexity index is 1010. The Labute approximate surface area is 320 Å². The van der Waals surface area contributed by atoms with Crippen LogP contribution in [0.15, 0.2) is 0 Å². The van der Waals surface area contributed by atoms with Crippen LogP contribution in [-0.4, -0.2) is 69.5 Å². The summed E-state index contributed by atoms with van der Waals surface area (Å²) in [5.74, 6) is -0.992. The third kappa shape index (κ3) is 20.1. The summed E-state index contributed by atoms with van der Waals surface area (Å²) < 4.78 is 17.0. The average Bonchev–Trinajstić information content (AvgIpc) is 2.86. The summed E-state index contributed by atoms with van der Waals surface area (Å²) in [7, 11) is 0. The number of piperidine rings is 3. The third-order valence-corrected chi connectivity index (χ3v) is 10.1. The Morgan fingerprint density at radius 2 is 0.692 bits per heavy atom. The van der Waals surface area contributed by atoms with Crippen molar-refractivity contribution in [2.24, 2.45) is 0 Å². The molecule has 0 atom stereocenters. The molecule has 0 aromatic carbocycles. The molecule has 0 spiro atoms. The number of nitrogens with one attached hydrogen (secondary N) is 3. The molecule has 3 saturated heterocycles. The standard InChI is InChI=1S/C21H38N2O4.C21H41NO2.CH4/c1-18(2)10-14(11-19(3,4)22-18)26-16(24)9-17(25)27-15-12-20(5,6)23-21(7,8)13-15;1-6-7-8-9-10-11-12-13-14-15-19(23)24-18-16-20(2,3)22-21(4,5)17-18;/h14-15,22-23H,9-13H2,1-8H3;18,22H,6-17H2,1-5H3;1H4. The Balaban J connectivity index is 0.000000514. The number of esters is 3. The van der Waals surface area contributed by atoms with E-state index < -0.39 is 11.9 Å². The fraction of sp³-hybridized carbons (Fsp3) is 0.930. The first-order valence-electron chi connectivity index (χ1n) is 20.3. The molecule has 0 radical (unpaired) electrons. The Morgan fingerprint density at radius 1 is 0.442 bits per heavy atom. The summed E-state index contributed by atoms with van der Waals surface area (Å²) in [5, 5.41) is 10.7. The monoisotopic (exact) mass is 738 g/mol. The maximum atomic E-state index is 12.3. The molecule has 0 aromatic heterocycles. The summed E-state index contributed by atoms with van der Waals surface area (Å²) in [6.07, 6.45) is 16.2. The molecular weight excluding hydrogens is 654 g/mol. The zero-order valence-corrected chi connectivity index (χ0v) is 35.2. The van der Waals surface area contributed by atoms with Crippen molar-refractivity contribution in [1.29, 1.82) is 0 Å². The molecule has 52 heavy (non-hydrogen) atoms. The molecule has 0 unspecified atom stereocenters. The number of hydrogen-bond donors (Lipinski definition) is 3. The van der Waals surface area contributed by atoms with Gasteiger partial charge in [0.25, 0.3) is 0 Å². The first kappa shape index (κ1) is 48.3. The predicted molar refractivity (Wildman–Crippen MR) is 214 cm³/mol. The van der Waals surface area contributed by atoms with Crippen LogP contribution in [0.25, 0.3) is 0 Å². The van der Waals surface area contributed by atoms with Crippen molar-refractivity contribution in [2.45, 2.75) is 258 Å². The van der Waals surface area contributed by atoms with Gasteiger partial charge < -0.3 is 30.2 Å². The second-order valence-corrected chi connectivity index (χ2v) is 20.0. The van der Waals surface area contributed by atoms with E-state index in [0.29, 0.717) is 6.42 Å². The van der Waals surface area contributed by atoms with Gasteiger partial charge >= 0.3 is 17.9 Å². The molecule has 9 heteroatoms. The van der Waals surface area contributed by atoms with Crippen LogP contribution in [0, 0.1) is 0 Å². The van der Waals surface area contributed by atoms with Gasteiger partial charge in [-0.15, -0.1) is 0 Å². The second kappa shape index (κ2) is 20.3. The molecule has 3 rings (SSSR count). The Kier molecular flexibility index (Phi) is 18.8. The van der Waals surface area contributed by atoms with Gasteiger partial charge in [0.15, 0.2) is 0 Å². The molecule has 3 fully saturated rings. The van der Waals surface area contributed by atoms with Gasteiger partial charge in [0, 0.05) is 78.2 Å². The van der Waals surface area contributed by atoms with Gasteiger partial charge in [-0.2, -0.15) is 0 Å². The van der Waals surface area contributed by atoms with Crippen molar-refractivity contribution in [3.8, 4) is 0 Å². The number of rotatable bonds is 15. The highest BCUT2D eigenvalue weighted by Gasteiger charge is 2.42. The maximum absolute atomic E-state index is 12.3. The van der Waals surface area contributed by atoms with Crippen molar-refractivity contribution < 1.29 is 28.6 Å². The molecule has 3 N–H and O–H groups in total. The van der Waals surface area contributed by atoms with Gasteiger partial charge in [0.05, 0.1) is 0 Å². The molecule has 0 amide bonds. The molecule has 306 valence electrons. The van der Waals surface area contributed by atoms with E-state index >= 15 is 0 Å². The number of carbonyl (C=O) groups is 3. The van der Waals surface area contributed by atoms with Crippen LogP contribution in [0.3, 0.4) is 0 Å². The van der Waals surface area contributed by atoms with E-state index in [1.165, 1.54) is 44.9 Å². The van der Waals surface area contributed by atoms with E-state index in [1.807, 2.05) is 0 Å². The molecule has 3 heterocycles. The van der Waals surface area contributed by atoms with Crippen LogP contribution in [0.1, 0.15) is 207 Å². The molecule has 3 aliphatic rings. The first-order chi connectivity index (χ1) is 23.3. The van der Waals surface area contributed by atoms with Crippen molar-refractivity contribution in [1.82, 2.24) is 16.0 Å². The van der Waals surface area contributed by atoms with E-state index in [-0.39, 0.29) is 71.4 Å². The van der Waals surface area contributed by atoms with Gasteiger partial charge in [0.2, 0.25) is 0 Å². The van der Waals surface area contributed by atoms with E-state index in [2.05, 4.69) is 106 Å². The van der Waals surface area contributed by atoms with Crippen LogP contribution < -0.4 is 16.0 Å². The van der Waals surface area contributed by atoms with E-state index in [1.54, 1.807) is 0 Å². The van der Waals surface area contributed by atoms with Crippen molar-refractivity contribution >= 4 is 17.9 Å². The van der Waals surface area contributed by atoms with E-state index in [9.17, 15) is 14.4 Å². The minimum absolute atomic E-state index is 0. The number of carbonyl (C=O) groups excluding carboxylic acids is 3. The zero-order chi connectivity index (χ0) is 38.7. The van der Waals surface area contributed by atoms with Crippen molar-refractivity contribution in [3.63, 3.8) is 0 Å². The lowest BCUT2D eigenvalue weighted by Crippen LogP contribution is -2.60. The van der Waals surface area contributed by atoms with Crippen molar-refractivity contribution in [3.05, 3.63) is 0 Å². The minimum Gasteiger partial charge on any atom is -0.462 e. The smallest absolute Gasteiger partial charge is 0.317 e. The molecular formula is C43H83N3O6. The van der Waals surface area contributed by atoms with E-state index in [0.717, 1.165) is 51.4 Å². The quantitative estimate of drug-likeness (QED) is 0.0654. The molecule has 0 saturated carbocycles. The lowest BCUT2D eigenvalue weighted by molar-refractivity contribution is -0.164. The van der Waals surface area contributed by atoms with Crippen LogP contribution in [0.4, 0.5) is 0 Å². The fourth-order valence-corrected chi connectivity index (χ4v) is 9.33.